The Kier molecular flexibility index (Phi) is 5.64. The number of carbonyl (C=O) groups excluding carboxylic acids is 1. The van der Waals surface area contributed by atoms with E-state index in [1.54, 1.807) is 11.3 Å². The second-order valence-electron chi connectivity index (χ2n) is 5.93. The molecule has 0 bridgehead atoms. The zero-order valence-corrected chi connectivity index (χ0v) is 14.1. The van der Waals surface area contributed by atoms with E-state index in [1.165, 1.54) is 17.7 Å². The predicted octanol–water partition coefficient (Wildman–Crippen LogP) is 3.38. The van der Waals surface area contributed by atoms with E-state index in [2.05, 4.69) is 38.8 Å². The summed E-state index contributed by atoms with van der Waals surface area (Å²) >= 11 is 1.76. The molecule has 1 fully saturated rings. The molecule has 1 aliphatic rings. The third kappa shape index (κ3) is 4.79. The summed E-state index contributed by atoms with van der Waals surface area (Å²) < 4.78 is 0. The maximum Gasteiger partial charge on any atom is 0.220 e. The molecular formula is C18H23N3OS. The number of amides is 1. The lowest BCUT2D eigenvalue weighted by molar-refractivity contribution is -0.121. The van der Waals surface area contributed by atoms with Crippen LogP contribution in [0.3, 0.4) is 0 Å². The van der Waals surface area contributed by atoms with Crippen molar-refractivity contribution in [2.75, 3.05) is 18.0 Å². The quantitative estimate of drug-likeness (QED) is 0.847. The van der Waals surface area contributed by atoms with Gasteiger partial charge in [0.25, 0.3) is 0 Å². The largest absolute Gasteiger partial charge is 0.357 e. The summed E-state index contributed by atoms with van der Waals surface area (Å²) in [5.74, 6) is 1.16. The van der Waals surface area contributed by atoms with E-state index < -0.39 is 0 Å². The summed E-state index contributed by atoms with van der Waals surface area (Å²) in [6.07, 6.45) is 6.80. The van der Waals surface area contributed by atoms with Crippen LogP contribution in [-0.2, 0) is 17.8 Å². The number of anilines is 1. The normalized spacial score (nSPS) is 14.2. The summed E-state index contributed by atoms with van der Waals surface area (Å²) in [4.78, 5) is 20.1. The number of nitrogens with one attached hydrogen (secondary N) is 1. The Morgan fingerprint density at radius 2 is 2.17 bits per heavy atom. The summed E-state index contributed by atoms with van der Waals surface area (Å²) in [5, 5.41) is 5.10. The summed E-state index contributed by atoms with van der Waals surface area (Å²) in [7, 11) is 0. The van der Waals surface area contributed by atoms with Crippen molar-refractivity contribution in [3.8, 4) is 0 Å². The molecule has 0 atom stereocenters. The molecule has 2 aromatic heterocycles. The molecule has 1 saturated heterocycles. The van der Waals surface area contributed by atoms with E-state index in [9.17, 15) is 4.79 Å². The van der Waals surface area contributed by atoms with Crippen LogP contribution in [0.25, 0.3) is 0 Å². The van der Waals surface area contributed by atoms with Crippen LogP contribution in [0.15, 0.2) is 35.8 Å². The van der Waals surface area contributed by atoms with Crippen molar-refractivity contribution in [3.63, 3.8) is 0 Å². The lowest BCUT2D eigenvalue weighted by Crippen LogP contribution is -2.23. The summed E-state index contributed by atoms with van der Waals surface area (Å²) in [6, 6.07) is 8.25. The fraction of sp³-hybridized carbons (Fsp3) is 0.444. The van der Waals surface area contributed by atoms with Gasteiger partial charge in [-0.05, 0) is 54.8 Å². The molecule has 3 heterocycles. The molecule has 1 N–H and O–H groups in total. The van der Waals surface area contributed by atoms with Gasteiger partial charge in [0.1, 0.15) is 5.82 Å². The molecule has 0 saturated carbocycles. The minimum atomic E-state index is 0.126. The van der Waals surface area contributed by atoms with Crippen LogP contribution >= 0.6 is 11.3 Å². The van der Waals surface area contributed by atoms with Crippen molar-refractivity contribution in [2.45, 2.75) is 38.6 Å². The molecule has 0 aliphatic carbocycles. The second-order valence-corrected chi connectivity index (χ2v) is 6.96. The highest BCUT2D eigenvalue weighted by molar-refractivity contribution is 7.09. The number of thiophene rings is 1. The molecule has 0 aromatic carbocycles. The van der Waals surface area contributed by atoms with Crippen LogP contribution in [-0.4, -0.2) is 24.0 Å². The van der Waals surface area contributed by atoms with Gasteiger partial charge in [0.15, 0.2) is 0 Å². The first-order valence-corrected chi connectivity index (χ1v) is 9.18. The Morgan fingerprint density at radius 1 is 1.30 bits per heavy atom. The molecule has 1 amide bonds. The first kappa shape index (κ1) is 16.0. The highest BCUT2D eigenvalue weighted by Crippen LogP contribution is 2.18. The third-order valence-corrected chi connectivity index (χ3v) is 5.07. The smallest absolute Gasteiger partial charge is 0.220 e. The number of hydrogen-bond acceptors (Lipinski definition) is 4. The van der Waals surface area contributed by atoms with Gasteiger partial charge < -0.3 is 10.2 Å². The van der Waals surface area contributed by atoms with Gasteiger partial charge in [-0.15, -0.1) is 11.3 Å². The first-order valence-electron chi connectivity index (χ1n) is 8.30. The minimum Gasteiger partial charge on any atom is -0.357 e. The molecular weight excluding hydrogens is 306 g/mol. The van der Waals surface area contributed by atoms with Crippen molar-refractivity contribution in [1.82, 2.24) is 10.3 Å². The Morgan fingerprint density at radius 3 is 2.96 bits per heavy atom. The standard InChI is InChI=1S/C18H23N3OS/c22-18(7-3-5-16-6-4-12-23-16)20-14-15-8-9-19-17(13-15)21-10-1-2-11-21/h4,6,8-9,12-13H,1-3,5,7,10-11,14H2,(H,20,22). The minimum absolute atomic E-state index is 0.126. The van der Waals surface area contributed by atoms with Gasteiger partial charge in [0.2, 0.25) is 5.91 Å². The number of aryl methyl sites for hydroxylation is 1. The fourth-order valence-corrected chi connectivity index (χ4v) is 3.61. The van der Waals surface area contributed by atoms with Gasteiger partial charge >= 0.3 is 0 Å². The maximum absolute atomic E-state index is 12.0. The van der Waals surface area contributed by atoms with Gasteiger partial charge in [0, 0.05) is 37.1 Å². The van der Waals surface area contributed by atoms with Crippen molar-refractivity contribution >= 4 is 23.1 Å². The zero-order valence-electron chi connectivity index (χ0n) is 13.3. The van der Waals surface area contributed by atoms with Crippen LogP contribution in [0.5, 0.6) is 0 Å². The molecule has 5 heteroatoms. The van der Waals surface area contributed by atoms with Gasteiger partial charge in [-0.2, -0.15) is 0 Å². The van der Waals surface area contributed by atoms with E-state index in [0.717, 1.165) is 37.3 Å². The van der Waals surface area contributed by atoms with Crippen LogP contribution in [0.1, 0.15) is 36.1 Å². The maximum atomic E-state index is 12.0. The van der Waals surface area contributed by atoms with Crippen molar-refractivity contribution < 1.29 is 4.79 Å². The lowest BCUT2D eigenvalue weighted by atomic mass is 10.2. The lowest BCUT2D eigenvalue weighted by Gasteiger charge is -2.17. The number of aromatic nitrogens is 1. The van der Waals surface area contributed by atoms with Crippen LogP contribution in [0, 0.1) is 0 Å². The molecule has 1 aliphatic heterocycles. The summed E-state index contributed by atoms with van der Waals surface area (Å²) in [6.45, 7) is 2.76. The number of pyridine rings is 1. The Hall–Kier alpha value is -1.88. The number of carbonyl (C=O) groups is 1. The van der Waals surface area contributed by atoms with Gasteiger partial charge in [-0.3, -0.25) is 4.79 Å². The molecule has 2 aromatic rings. The van der Waals surface area contributed by atoms with E-state index in [1.807, 2.05) is 12.3 Å². The first-order chi connectivity index (χ1) is 11.3. The Bertz CT molecular complexity index is 621. The van der Waals surface area contributed by atoms with E-state index >= 15 is 0 Å². The SMILES string of the molecule is O=C(CCCc1cccs1)NCc1ccnc(N2CCCC2)c1. The third-order valence-electron chi connectivity index (χ3n) is 4.14. The van der Waals surface area contributed by atoms with E-state index in [-0.39, 0.29) is 5.91 Å². The van der Waals surface area contributed by atoms with Crippen molar-refractivity contribution in [1.29, 1.82) is 0 Å². The second kappa shape index (κ2) is 8.11. The van der Waals surface area contributed by atoms with Crippen LogP contribution < -0.4 is 10.2 Å². The molecule has 122 valence electrons. The average molecular weight is 329 g/mol. The molecule has 0 unspecified atom stereocenters. The average Bonchev–Trinajstić information content (AvgIpc) is 3.27. The topological polar surface area (TPSA) is 45.2 Å². The van der Waals surface area contributed by atoms with Crippen LogP contribution in [0.4, 0.5) is 5.82 Å². The molecule has 23 heavy (non-hydrogen) atoms. The van der Waals surface area contributed by atoms with Crippen molar-refractivity contribution in [3.05, 3.63) is 46.3 Å². The zero-order chi connectivity index (χ0) is 15.9. The molecule has 4 nitrogen and oxygen atoms in total. The number of nitrogens with zero attached hydrogens (tertiary/aromatic N) is 2. The van der Waals surface area contributed by atoms with Gasteiger partial charge in [-0.25, -0.2) is 4.98 Å². The van der Waals surface area contributed by atoms with Gasteiger partial charge in [0.05, 0.1) is 0 Å². The highest BCUT2D eigenvalue weighted by Gasteiger charge is 2.13. The predicted molar refractivity (Wildman–Crippen MR) is 94.8 cm³/mol. The Labute approximate surface area is 141 Å². The molecule has 3 rings (SSSR count). The van der Waals surface area contributed by atoms with Crippen LogP contribution in [0.2, 0.25) is 0 Å². The highest BCUT2D eigenvalue weighted by atomic mass is 32.1. The molecule has 0 spiro atoms. The molecule has 0 radical (unpaired) electrons. The van der Waals surface area contributed by atoms with E-state index in [0.29, 0.717) is 13.0 Å². The monoisotopic (exact) mass is 329 g/mol. The van der Waals surface area contributed by atoms with E-state index in [4.69, 9.17) is 0 Å². The number of hydrogen-bond donors (Lipinski definition) is 1. The Balaban J connectivity index is 1.42. The van der Waals surface area contributed by atoms with Crippen molar-refractivity contribution in [2.24, 2.45) is 0 Å². The summed E-state index contributed by atoms with van der Waals surface area (Å²) in [5.41, 5.74) is 1.12. The fourth-order valence-electron chi connectivity index (χ4n) is 2.86. The van der Waals surface area contributed by atoms with Gasteiger partial charge in [-0.1, -0.05) is 6.07 Å². The number of rotatable bonds is 7.